The minimum absolute atomic E-state index is 0.115. The number of aryl methyl sites for hydroxylation is 1. The van der Waals surface area contributed by atoms with Crippen molar-refractivity contribution in [1.29, 1.82) is 0 Å². The number of nitrogens with one attached hydrogen (secondary N) is 1. The number of anilines is 2. The maximum Gasteiger partial charge on any atom is 0.258 e. The van der Waals surface area contributed by atoms with E-state index in [0.717, 1.165) is 18.4 Å². The fraction of sp³-hybridized carbons (Fsp3) is 0.174. The molecule has 1 aliphatic heterocycles. The molecule has 3 aromatic carbocycles. The van der Waals surface area contributed by atoms with Gasteiger partial charge in [0, 0.05) is 17.8 Å². The predicted octanol–water partition coefficient (Wildman–Crippen LogP) is 4.36. The molecule has 0 aromatic heterocycles. The monoisotopic (exact) mass is 424 g/mol. The molecule has 1 N–H and O–H groups in total. The van der Waals surface area contributed by atoms with Crippen molar-refractivity contribution < 1.29 is 17.6 Å². The van der Waals surface area contributed by atoms with E-state index in [1.54, 1.807) is 35.2 Å². The third kappa shape index (κ3) is 4.52. The van der Waals surface area contributed by atoms with Crippen LogP contribution in [0, 0.1) is 5.82 Å². The summed E-state index contributed by atoms with van der Waals surface area (Å²) in [7, 11) is -3.74. The number of benzene rings is 3. The number of nitrogens with zero attached hydrogens (tertiary/aromatic N) is 1. The standard InChI is InChI=1S/C23H21FN2O3S/c24-20-10-4-6-17(14-20)16-30(28,29)25-21-12-11-18-9-5-13-26(22(18)15-21)23(27)19-7-2-1-3-8-19/h1-4,6-8,10-12,14-15,25H,5,9,13,16H2. The van der Waals surface area contributed by atoms with E-state index in [-0.39, 0.29) is 11.7 Å². The molecule has 0 bridgehead atoms. The van der Waals surface area contributed by atoms with Crippen LogP contribution in [0.5, 0.6) is 0 Å². The molecule has 0 unspecified atom stereocenters. The van der Waals surface area contributed by atoms with Crippen LogP contribution in [0.1, 0.15) is 27.9 Å². The van der Waals surface area contributed by atoms with Crippen molar-refractivity contribution in [2.45, 2.75) is 18.6 Å². The minimum atomic E-state index is -3.74. The van der Waals surface area contributed by atoms with Crippen molar-refractivity contribution in [3.05, 3.63) is 95.3 Å². The van der Waals surface area contributed by atoms with Gasteiger partial charge in [0.1, 0.15) is 5.82 Å². The molecular formula is C23H21FN2O3S. The number of rotatable bonds is 5. The zero-order chi connectivity index (χ0) is 21.1. The first kappa shape index (κ1) is 20.1. The van der Waals surface area contributed by atoms with Crippen molar-refractivity contribution >= 4 is 27.3 Å². The smallest absolute Gasteiger partial charge is 0.258 e. The lowest BCUT2D eigenvalue weighted by Gasteiger charge is -2.30. The van der Waals surface area contributed by atoms with Crippen LogP contribution in [-0.2, 0) is 22.2 Å². The molecule has 154 valence electrons. The van der Waals surface area contributed by atoms with Gasteiger partial charge in [0.05, 0.1) is 11.4 Å². The average molecular weight is 424 g/mol. The molecule has 0 saturated heterocycles. The molecule has 3 aromatic rings. The van der Waals surface area contributed by atoms with Crippen LogP contribution in [0.3, 0.4) is 0 Å². The second-order valence-corrected chi connectivity index (χ2v) is 8.98. The third-order valence-electron chi connectivity index (χ3n) is 4.99. The predicted molar refractivity (Wildman–Crippen MR) is 116 cm³/mol. The largest absolute Gasteiger partial charge is 0.308 e. The second-order valence-electron chi connectivity index (χ2n) is 7.26. The van der Waals surface area contributed by atoms with Crippen LogP contribution in [0.4, 0.5) is 15.8 Å². The van der Waals surface area contributed by atoms with Crippen molar-refractivity contribution in [3.8, 4) is 0 Å². The lowest BCUT2D eigenvalue weighted by Crippen LogP contribution is -2.35. The molecule has 0 spiro atoms. The zero-order valence-corrected chi connectivity index (χ0v) is 17.0. The Morgan fingerprint density at radius 1 is 1.00 bits per heavy atom. The number of halogens is 1. The summed E-state index contributed by atoms with van der Waals surface area (Å²) in [4.78, 5) is 14.7. The number of hydrogen-bond acceptors (Lipinski definition) is 3. The third-order valence-corrected chi connectivity index (χ3v) is 6.25. The maximum atomic E-state index is 13.4. The van der Waals surface area contributed by atoms with Gasteiger partial charge in [-0.1, -0.05) is 36.4 Å². The number of amides is 1. The lowest BCUT2D eigenvalue weighted by molar-refractivity contribution is 0.0985. The minimum Gasteiger partial charge on any atom is -0.308 e. The molecule has 0 radical (unpaired) electrons. The normalized spacial score (nSPS) is 13.6. The van der Waals surface area contributed by atoms with E-state index >= 15 is 0 Å². The second kappa shape index (κ2) is 8.28. The number of carbonyl (C=O) groups excluding carboxylic acids is 1. The quantitative estimate of drug-likeness (QED) is 0.662. The maximum absolute atomic E-state index is 13.4. The summed E-state index contributed by atoms with van der Waals surface area (Å²) in [6, 6.07) is 19.8. The van der Waals surface area contributed by atoms with Crippen molar-refractivity contribution in [2.75, 3.05) is 16.2 Å². The first-order valence-electron chi connectivity index (χ1n) is 9.66. The molecular weight excluding hydrogens is 403 g/mol. The summed E-state index contributed by atoms with van der Waals surface area (Å²) >= 11 is 0. The summed E-state index contributed by atoms with van der Waals surface area (Å²) in [5, 5.41) is 0. The summed E-state index contributed by atoms with van der Waals surface area (Å²) in [6.07, 6.45) is 1.67. The van der Waals surface area contributed by atoms with Crippen molar-refractivity contribution in [3.63, 3.8) is 0 Å². The first-order valence-corrected chi connectivity index (χ1v) is 11.3. The van der Waals surface area contributed by atoms with Crippen LogP contribution >= 0.6 is 0 Å². The Kier molecular flexibility index (Phi) is 5.55. The van der Waals surface area contributed by atoms with Crippen LogP contribution in [0.15, 0.2) is 72.8 Å². The van der Waals surface area contributed by atoms with Gasteiger partial charge in [-0.3, -0.25) is 9.52 Å². The van der Waals surface area contributed by atoms with Crippen molar-refractivity contribution in [2.24, 2.45) is 0 Å². The number of fused-ring (bicyclic) bond motifs is 1. The van der Waals surface area contributed by atoms with E-state index in [4.69, 9.17) is 0 Å². The van der Waals surface area contributed by atoms with Gasteiger partial charge < -0.3 is 4.90 Å². The molecule has 1 heterocycles. The van der Waals surface area contributed by atoms with Crippen LogP contribution < -0.4 is 9.62 Å². The number of carbonyl (C=O) groups is 1. The van der Waals surface area contributed by atoms with Gasteiger partial charge in [-0.05, 0) is 60.4 Å². The highest BCUT2D eigenvalue weighted by atomic mass is 32.2. The summed E-state index contributed by atoms with van der Waals surface area (Å²) < 4.78 is 41.1. The highest BCUT2D eigenvalue weighted by Gasteiger charge is 2.24. The molecule has 4 rings (SSSR count). The number of hydrogen-bond donors (Lipinski definition) is 1. The van der Waals surface area contributed by atoms with E-state index in [2.05, 4.69) is 4.72 Å². The molecule has 1 aliphatic rings. The Morgan fingerprint density at radius 3 is 2.57 bits per heavy atom. The van der Waals surface area contributed by atoms with Gasteiger partial charge in [0.2, 0.25) is 10.0 Å². The molecule has 0 atom stereocenters. The van der Waals surface area contributed by atoms with E-state index in [0.29, 0.717) is 29.0 Å². The molecule has 0 fully saturated rings. The van der Waals surface area contributed by atoms with E-state index in [1.165, 1.54) is 18.2 Å². The van der Waals surface area contributed by atoms with Crippen LogP contribution in [0.25, 0.3) is 0 Å². The molecule has 7 heteroatoms. The average Bonchev–Trinajstić information content (AvgIpc) is 2.73. The SMILES string of the molecule is O=C(c1ccccc1)N1CCCc2ccc(NS(=O)(=O)Cc3cccc(F)c3)cc21. The van der Waals surface area contributed by atoms with Crippen molar-refractivity contribution in [1.82, 2.24) is 0 Å². The lowest BCUT2D eigenvalue weighted by atomic mass is 10.00. The van der Waals surface area contributed by atoms with Gasteiger partial charge >= 0.3 is 0 Å². The van der Waals surface area contributed by atoms with Crippen LogP contribution in [-0.4, -0.2) is 20.9 Å². The Labute approximate surface area is 175 Å². The highest BCUT2D eigenvalue weighted by molar-refractivity contribution is 7.91. The molecule has 5 nitrogen and oxygen atoms in total. The molecule has 1 amide bonds. The van der Waals surface area contributed by atoms with E-state index < -0.39 is 15.8 Å². The fourth-order valence-electron chi connectivity index (χ4n) is 3.65. The number of sulfonamides is 1. The van der Waals surface area contributed by atoms with Gasteiger partial charge in [-0.15, -0.1) is 0 Å². The fourth-order valence-corrected chi connectivity index (χ4v) is 4.82. The zero-order valence-electron chi connectivity index (χ0n) is 16.2. The Morgan fingerprint density at radius 2 is 1.80 bits per heavy atom. The summed E-state index contributed by atoms with van der Waals surface area (Å²) in [5.74, 6) is -0.933. The Bertz CT molecular complexity index is 1180. The summed E-state index contributed by atoms with van der Waals surface area (Å²) in [6.45, 7) is 0.570. The van der Waals surface area contributed by atoms with Gasteiger partial charge in [0.15, 0.2) is 0 Å². The Balaban J connectivity index is 1.59. The summed E-state index contributed by atoms with van der Waals surface area (Å²) in [5.41, 5.74) is 3.03. The first-order chi connectivity index (χ1) is 14.4. The van der Waals surface area contributed by atoms with E-state index in [9.17, 15) is 17.6 Å². The van der Waals surface area contributed by atoms with Gasteiger partial charge in [-0.25, -0.2) is 12.8 Å². The molecule has 0 aliphatic carbocycles. The molecule has 0 saturated carbocycles. The van der Waals surface area contributed by atoms with Gasteiger partial charge in [0.25, 0.3) is 5.91 Å². The van der Waals surface area contributed by atoms with Crippen LogP contribution in [0.2, 0.25) is 0 Å². The van der Waals surface area contributed by atoms with Gasteiger partial charge in [-0.2, -0.15) is 0 Å². The Hall–Kier alpha value is -3.19. The topological polar surface area (TPSA) is 66.5 Å². The molecule has 30 heavy (non-hydrogen) atoms. The highest BCUT2D eigenvalue weighted by Crippen LogP contribution is 2.31. The van der Waals surface area contributed by atoms with E-state index in [1.807, 2.05) is 24.3 Å².